The van der Waals surface area contributed by atoms with Crippen molar-refractivity contribution in [2.24, 2.45) is 0 Å². The van der Waals surface area contributed by atoms with Gasteiger partial charge in [-0.25, -0.2) is 0 Å². The van der Waals surface area contributed by atoms with Crippen LogP contribution in [-0.4, -0.2) is 19.9 Å². The average Bonchev–Trinajstić information content (AvgIpc) is 3.94. The molecule has 0 saturated heterocycles. The van der Waals surface area contributed by atoms with Crippen LogP contribution >= 0.6 is 0 Å². The molecule has 0 atom stereocenters. The van der Waals surface area contributed by atoms with Gasteiger partial charge in [0, 0.05) is 46.7 Å². The van der Waals surface area contributed by atoms with Crippen molar-refractivity contribution in [2.75, 3.05) is 0 Å². The summed E-state index contributed by atoms with van der Waals surface area (Å²) >= 11 is 0. The molecule has 10 aromatic carbocycles. The summed E-state index contributed by atoms with van der Waals surface area (Å²) in [5.74, 6) is 0. The first-order valence-electron chi connectivity index (χ1n) is 27.1. The molecule has 0 N–H and O–H groups in total. The summed E-state index contributed by atoms with van der Waals surface area (Å²) in [7, 11) is 0. The standard InChI is InChI=1S/C74H50N4/c1-73(2)61-39-58(44-34-36-76-66(38-44)63-27-15-16-35-75-63)49-19-6-10-22-52(49)68(61)70-55-31-28-43(37-60(55)51-21-9-14-26-57(51)72(70)73)45-29-32-64(77-41-45)65-33-30-46(42-78-65)59-40-62-67(53-23-11-7-20-50(53)59)69-54-24-12-5-17-47(54)48-18-8-13-25-56(48)71(69)74(62,3)4/h5-42H,1-4H3. The molecule has 2 aliphatic rings. The summed E-state index contributed by atoms with van der Waals surface area (Å²) in [5, 5.41) is 15.3. The lowest BCUT2D eigenvalue weighted by Gasteiger charge is -2.25. The van der Waals surface area contributed by atoms with Gasteiger partial charge in [0.1, 0.15) is 0 Å². The topological polar surface area (TPSA) is 51.6 Å². The van der Waals surface area contributed by atoms with E-state index in [4.69, 9.17) is 15.0 Å². The lowest BCUT2D eigenvalue weighted by atomic mass is 9.78. The summed E-state index contributed by atoms with van der Waals surface area (Å²) in [5.41, 5.74) is 20.6. The molecule has 0 fully saturated rings. The first-order valence-corrected chi connectivity index (χ1v) is 27.1. The van der Waals surface area contributed by atoms with Crippen LogP contribution in [0, 0.1) is 0 Å². The van der Waals surface area contributed by atoms with E-state index < -0.39 is 0 Å². The maximum Gasteiger partial charge on any atom is 0.0892 e. The van der Waals surface area contributed by atoms with Crippen molar-refractivity contribution < 1.29 is 0 Å². The molecule has 0 amide bonds. The van der Waals surface area contributed by atoms with Crippen molar-refractivity contribution >= 4 is 64.6 Å². The van der Waals surface area contributed by atoms with Crippen molar-refractivity contribution in [1.29, 1.82) is 0 Å². The van der Waals surface area contributed by atoms with Gasteiger partial charge in [0.15, 0.2) is 0 Å². The lowest BCUT2D eigenvalue weighted by molar-refractivity contribution is 0.667. The van der Waals surface area contributed by atoms with Crippen LogP contribution in [0.15, 0.2) is 231 Å². The summed E-state index contributed by atoms with van der Waals surface area (Å²) in [6.07, 6.45) is 7.78. The Morgan fingerprint density at radius 2 is 0.679 bits per heavy atom. The van der Waals surface area contributed by atoms with Gasteiger partial charge in [0.25, 0.3) is 0 Å². The molecule has 0 saturated carbocycles. The average molecular weight is 995 g/mol. The Labute approximate surface area is 452 Å². The van der Waals surface area contributed by atoms with Gasteiger partial charge in [-0.3, -0.25) is 19.9 Å². The van der Waals surface area contributed by atoms with E-state index in [1.165, 1.54) is 120 Å². The molecule has 16 rings (SSSR count). The van der Waals surface area contributed by atoms with Crippen molar-refractivity contribution in [1.82, 2.24) is 19.9 Å². The first-order chi connectivity index (χ1) is 38.2. The summed E-state index contributed by atoms with van der Waals surface area (Å²) < 4.78 is 0. The fourth-order valence-corrected chi connectivity index (χ4v) is 14.0. The highest BCUT2D eigenvalue weighted by Gasteiger charge is 2.42. The van der Waals surface area contributed by atoms with E-state index in [9.17, 15) is 0 Å². The monoisotopic (exact) mass is 994 g/mol. The molecule has 14 aromatic rings. The molecule has 0 spiro atoms. The number of hydrogen-bond acceptors (Lipinski definition) is 4. The second kappa shape index (κ2) is 16.4. The molecule has 366 valence electrons. The largest absolute Gasteiger partial charge is 0.255 e. The summed E-state index contributed by atoms with van der Waals surface area (Å²) in [6.45, 7) is 9.62. The van der Waals surface area contributed by atoms with Crippen molar-refractivity contribution in [2.45, 2.75) is 38.5 Å². The molecule has 0 unspecified atom stereocenters. The Hall–Kier alpha value is -9.64. The van der Waals surface area contributed by atoms with Crippen LogP contribution in [0.2, 0.25) is 0 Å². The van der Waals surface area contributed by atoms with Crippen molar-refractivity contribution in [3.63, 3.8) is 0 Å². The minimum atomic E-state index is -0.275. The number of rotatable bonds is 5. The van der Waals surface area contributed by atoms with E-state index in [0.717, 1.165) is 45.0 Å². The fraction of sp³-hybridized carbons (Fsp3) is 0.0811. The van der Waals surface area contributed by atoms with Crippen LogP contribution in [0.4, 0.5) is 0 Å². The van der Waals surface area contributed by atoms with Gasteiger partial charge < -0.3 is 0 Å². The van der Waals surface area contributed by atoms with Gasteiger partial charge in [-0.05, 0) is 186 Å². The third-order valence-electron chi connectivity index (χ3n) is 17.6. The molecule has 0 bridgehead atoms. The fourth-order valence-electron chi connectivity index (χ4n) is 14.0. The quantitative estimate of drug-likeness (QED) is 0.161. The minimum Gasteiger partial charge on any atom is -0.255 e. The molecular weight excluding hydrogens is 945 g/mol. The van der Waals surface area contributed by atoms with E-state index in [1.54, 1.807) is 0 Å². The Balaban J connectivity index is 0.769. The molecule has 0 radical (unpaired) electrons. The van der Waals surface area contributed by atoms with Crippen LogP contribution in [0.1, 0.15) is 49.9 Å². The van der Waals surface area contributed by atoms with Gasteiger partial charge in [-0.1, -0.05) is 179 Å². The molecule has 4 nitrogen and oxygen atoms in total. The molecule has 4 heteroatoms. The zero-order valence-corrected chi connectivity index (χ0v) is 43.7. The predicted octanol–water partition coefficient (Wildman–Crippen LogP) is 19.1. The van der Waals surface area contributed by atoms with E-state index in [0.29, 0.717) is 0 Å². The molecule has 4 heterocycles. The van der Waals surface area contributed by atoms with Crippen molar-refractivity contribution in [3.05, 3.63) is 253 Å². The third-order valence-corrected chi connectivity index (χ3v) is 17.6. The number of nitrogens with zero attached hydrogens (tertiary/aromatic N) is 4. The van der Waals surface area contributed by atoms with E-state index in [2.05, 4.69) is 221 Å². The van der Waals surface area contributed by atoms with E-state index in [-0.39, 0.29) is 10.8 Å². The summed E-state index contributed by atoms with van der Waals surface area (Å²) in [4.78, 5) is 19.6. The maximum absolute atomic E-state index is 5.12. The zero-order chi connectivity index (χ0) is 52.0. The van der Waals surface area contributed by atoms with Gasteiger partial charge in [0.2, 0.25) is 0 Å². The number of aromatic nitrogens is 4. The highest BCUT2D eigenvalue weighted by Crippen LogP contribution is 2.60. The van der Waals surface area contributed by atoms with Crippen LogP contribution in [0.5, 0.6) is 0 Å². The van der Waals surface area contributed by atoms with Crippen LogP contribution in [0.3, 0.4) is 0 Å². The van der Waals surface area contributed by atoms with Crippen LogP contribution in [-0.2, 0) is 10.8 Å². The second-order valence-electron chi connectivity index (χ2n) is 22.4. The normalized spacial score (nSPS) is 13.8. The number of hydrogen-bond donors (Lipinski definition) is 0. The summed E-state index contributed by atoms with van der Waals surface area (Å²) in [6, 6.07) is 75.6. The van der Waals surface area contributed by atoms with Gasteiger partial charge in [-0.2, -0.15) is 0 Å². The maximum atomic E-state index is 5.12. The second-order valence-corrected chi connectivity index (χ2v) is 22.4. The smallest absolute Gasteiger partial charge is 0.0892 e. The van der Waals surface area contributed by atoms with Gasteiger partial charge >= 0.3 is 0 Å². The van der Waals surface area contributed by atoms with Gasteiger partial charge in [0.05, 0.1) is 22.8 Å². The molecule has 2 aliphatic carbocycles. The molecule has 78 heavy (non-hydrogen) atoms. The molecular formula is C74H50N4. The lowest BCUT2D eigenvalue weighted by Crippen LogP contribution is -2.16. The number of benzene rings is 10. The zero-order valence-electron chi connectivity index (χ0n) is 43.7. The van der Waals surface area contributed by atoms with Crippen LogP contribution < -0.4 is 0 Å². The Morgan fingerprint density at radius 3 is 1.22 bits per heavy atom. The van der Waals surface area contributed by atoms with E-state index >= 15 is 0 Å². The Morgan fingerprint density at radius 1 is 0.256 bits per heavy atom. The Kier molecular flexibility index (Phi) is 9.40. The highest BCUT2D eigenvalue weighted by molar-refractivity contribution is 6.24. The van der Waals surface area contributed by atoms with Gasteiger partial charge in [-0.15, -0.1) is 0 Å². The van der Waals surface area contributed by atoms with Crippen molar-refractivity contribution in [3.8, 4) is 78.4 Å². The number of fused-ring (bicyclic) bond motifs is 20. The first kappa shape index (κ1) is 44.6. The Bertz CT molecular complexity index is 4880. The third kappa shape index (κ3) is 6.29. The van der Waals surface area contributed by atoms with E-state index in [1.807, 2.05) is 43.0 Å². The molecule has 4 aromatic heterocycles. The minimum absolute atomic E-state index is 0.222. The SMILES string of the molecule is CC1(C)c2cc(-c3ccc(-c4ccc(-c5ccc6c7c(c8ccccc8c6c5)C(C)(C)c5cc(-c6ccnc(-c8ccccn8)c6)c6ccccc6c5-7)cn4)nc3)c3ccccc3c2-c2c1c1ccccc1c1ccccc21. The predicted molar refractivity (Wildman–Crippen MR) is 325 cm³/mol. The molecule has 0 aliphatic heterocycles. The van der Waals surface area contributed by atoms with Crippen LogP contribution in [0.25, 0.3) is 143 Å². The number of pyridine rings is 4. The highest BCUT2D eigenvalue weighted by atomic mass is 14.8.